The Morgan fingerprint density at radius 3 is 2.31 bits per heavy atom. The van der Waals surface area contributed by atoms with Crippen LogP contribution in [0.5, 0.6) is 5.75 Å². The van der Waals surface area contributed by atoms with Gasteiger partial charge < -0.3 is 28.8 Å². The number of benzene rings is 2. The molecule has 2 heterocycles. The Hall–Kier alpha value is -4.89. The topological polar surface area (TPSA) is 219 Å². The second-order valence-electron chi connectivity index (χ2n) is 9.49. The summed E-state index contributed by atoms with van der Waals surface area (Å²) in [4.78, 5) is 57.6. The predicted octanol–water partition coefficient (Wildman–Crippen LogP) is 3.93. The van der Waals surface area contributed by atoms with Crippen molar-refractivity contribution in [3.8, 4) is 5.75 Å². The summed E-state index contributed by atoms with van der Waals surface area (Å²) in [5.74, 6) is -3.07. The van der Waals surface area contributed by atoms with Gasteiger partial charge in [0.05, 0.1) is 12.7 Å². The average Bonchev–Trinajstić information content (AvgIpc) is 3.71. The van der Waals surface area contributed by atoms with Gasteiger partial charge in [0.1, 0.15) is 31.9 Å². The van der Waals surface area contributed by atoms with E-state index in [1.807, 2.05) is 0 Å². The fourth-order valence-corrected chi connectivity index (χ4v) is 6.08. The number of nitrogens with one attached hydrogen (secondary N) is 1. The van der Waals surface area contributed by atoms with Gasteiger partial charge in [-0.3, -0.25) is 14.4 Å². The number of para-hydroxylation sites is 2. The first-order valence-corrected chi connectivity index (χ1v) is 16.4. The number of esters is 1. The van der Waals surface area contributed by atoms with Crippen LogP contribution < -0.4 is 25.2 Å². The van der Waals surface area contributed by atoms with Crippen molar-refractivity contribution in [2.75, 3.05) is 43.2 Å². The van der Waals surface area contributed by atoms with Gasteiger partial charge in [-0.2, -0.15) is 9.96 Å². The summed E-state index contributed by atoms with van der Waals surface area (Å²) >= 11 is 7.02. The first-order valence-electron chi connectivity index (χ1n) is 13.6. The van der Waals surface area contributed by atoms with Crippen LogP contribution in [-0.4, -0.2) is 71.8 Å². The molecule has 3 N–H and O–H groups in total. The molecule has 20 heteroatoms. The van der Waals surface area contributed by atoms with Gasteiger partial charge in [-0.15, -0.1) is 11.3 Å². The SMILES string of the molecule is COC(OC)OC(=O)c1ccc(NC(=O)COc2ccccc2N(OC)C(=O)N(C(=O)c2sccc2S(N)(=O)=O)c2onc(C)c2Cl)cc1. The Morgan fingerprint density at radius 2 is 1.71 bits per heavy atom. The smallest absolute Gasteiger partial charge is 0.363 e. The second-order valence-corrected chi connectivity index (χ2v) is 12.3. The molecule has 17 nitrogen and oxygen atoms in total. The minimum Gasteiger partial charge on any atom is -0.481 e. The molecule has 0 unspecified atom stereocenters. The average molecular weight is 738 g/mol. The minimum atomic E-state index is -4.38. The highest BCUT2D eigenvalue weighted by atomic mass is 35.5. The fourth-order valence-electron chi connectivity index (χ4n) is 4.03. The van der Waals surface area contributed by atoms with Gasteiger partial charge in [-0.1, -0.05) is 28.9 Å². The number of methoxy groups -OCH3 is 2. The van der Waals surface area contributed by atoms with Gasteiger partial charge in [0, 0.05) is 19.9 Å². The lowest BCUT2D eigenvalue weighted by atomic mass is 10.2. The number of nitrogens with two attached hydrogens (primary N) is 1. The third-order valence-electron chi connectivity index (χ3n) is 6.29. The summed E-state index contributed by atoms with van der Waals surface area (Å²) in [6.07, 6.45) is 0. The standard InChI is InChI=1S/C29H28ClN5O12S2/c1-16-23(30)26(47-33-16)34(25(37)24-21(13-14-48-24)49(31,40)41)28(39)35(44-4)19-7-5-6-8-20(19)45-15-22(36)32-18-11-9-17(10-12-18)27(38)46-29(42-2)43-3/h5-14,29H,15H2,1-4H3,(H,32,36)(H2,31,40,41). The summed E-state index contributed by atoms with van der Waals surface area (Å²) < 4.78 is 49.9. The van der Waals surface area contributed by atoms with E-state index in [4.69, 9.17) is 45.0 Å². The van der Waals surface area contributed by atoms with E-state index in [1.54, 1.807) is 6.07 Å². The molecule has 0 atom stereocenters. The molecule has 0 saturated carbocycles. The molecular formula is C29H28ClN5O12S2. The molecule has 0 aliphatic carbocycles. The third-order valence-corrected chi connectivity index (χ3v) is 8.71. The number of amides is 4. The maximum atomic E-state index is 14.0. The van der Waals surface area contributed by atoms with Crippen molar-refractivity contribution >= 4 is 74.0 Å². The molecule has 0 aliphatic heterocycles. The molecule has 4 amide bonds. The molecule has 0 radical (unpaired) electrons. The number of hydrogen-bond acceptors (Lipinski definition) is 14. The van der Waals surface area contributed by atoms with Crippen LogP contribution in [0, 0.1) is 6.92 Å². The number of imide groups is 1. The Morgan fingerprint density at radius 1 is 1.04 bits per heavy atom. The van der Waals surface area contributed by atoms with Gasteiger partial charge in [0.15, 0.2) is 6.61 Å². The van der Waals surface area contributed by atoms with Crippen molar-refractivity contribution in [3.63, 3.8) is 0 Å². The zero-order valence-corrected chi connectivity index (χ0v) is 28.5. The molecule has 4 rings (SSSR count). The maximum absolute atomic E-state index is 14.0. The molecule has 260 valence electrons. The summed E-state index contributed by atoms with van der Waals surface area (Å²) in [7, 11) is -0.659. The number of sulfonamides is 1. The van der Waals surface area contributed by atoms with E-state index < -0.39 is 62.6 Å². The Balaban J connectivity index is 1.55. The van der Waals surface area contributed by atoms with E-state index in [9.17, 15) is 27.6 Å². The third kappa shape index (κ3) is 8.59. The quantitative estimate of drug-likeness (QED) is 0.113. The largest absolute Gasteiger partial charge is 0.481 e. The number of primary sulfonamides is 1. The number of anilines is 3. The van der Waals surface area contributed by atoms with E-state index >= 15 is 0 Å². The van der Waals surface area contributed by atoms with E-state index in [0.29, 0.717) is 27.0 Å². The van der Waals surface area contributed by atoms with E-state index in [2.05, 4.69) is 10.5 Å². The van der Waals surface area contributed by atoms with Crippen molar-refractivity contribution in [3.05, 3.63) is 81.1 Å². The lowest BCUT2D eigenvalue weighted by Gasteiger charge is -2.27. The van der Waals surface area contributed by atoms with Crippen LogP contribution in [0.2, 0.25) is 5.02 Å². The second kappa shape index (κ2) is 16.0. The Kier molecular flexibility index (Phi) is 12.1. The minimum absolute atomic E-state index is 0.0367. The number of carbonyl (C=O) groups excluding carboxylic acids is 4. The molecule has 49 heavy (non-hydrogen) atoms. The zero-order valence-electron chi connectivity index (χ0n) is 26.1. The van der Waals surface area contributed by atoms with Crippen molar-refractivity contribution in [1.82, 2.24) is 5.16 Å². The number of aryl methyl sites for hydroxylation is 1. The lowest BCUT2D eigenvalue weighted by Crippen LogP contribution is -2.46. The maximum Gasteiger partial charge on any atom is 0.363 e. The highest BCUT2D eigenvalue weighted by Crippen LogP contribution is 2.35. The summed E-state index contributed by atoms with van der Waals surface area (Å²) in [6.45, 7) is -0.292. The number of aromatic nitrogens is 1. The Bertz CT molecular complexity index is 1940. The molecule has 0 aliphatic rings. The molecule has 0 bridgehead atoms. The van der Waals surface area contributed by atoms with E-state index in [-0.39, 0.29) is 27.7 Å². The van der Waals surface area contributed by atoms with Crippen LogP contribution in [0.25, 0.3) is 0 Å². The number of ether oxygens (including phenoxy) is 4. The van der Waals surface area contributed by atoms with Crippen LogP contribution in [0.3, 0.4) is 0 Å². The van der Waals surface area contributed by atoms with Gasteiger partial charge >= 0.3 is 18.5 Å². The molecule has 4 aromatic rings. The number of hydrogen-bond donors (Lipinski definition) is 2. The number of hydroxylamine groups is 1. The van der Waals surface area contributed by atoms with Gasteiger partial charge in [0.25, 0.3) is 17.7 Å². The normalized spacial score (nSPS) is 11.2. The van der Waals surface area contributed by atoms with Crippen molar-refractivity contribution in [1.29, 1.82) is 0 Å². The monoisotopic (exact) mass is 737 g/mol. The fraction of sp³-hybridized carbons (Fsp3) is 0.207. The highest BCUT2D eigenvalue weighted by Gasteiger charge is 2.39. The number of halogens is 1. The first kappa shape index (κ1) is 36.9. The highest BCUT2D eigenvalue weighted by molar-refractivity contribution is 7.89. The lowest BCUT2D eigenvalue weighted by molar-refractivity contribution is -0.235. The van der Waals surface area contributed by atoms with E-state index in [0.717, 1.165) is 13.2 Å². The number of carbonyl (C=O) groups is 4. The van der Waals surface area contributed by atoms with E-state index in [1.165, 1.54) is 69.0 Å². The Labute approximate surface area is 287 Å². The van der Waals surface area contributed by atoms with Gasteiger partial charge in [-0.05, 0) is 54.8 Å². The predicted molar refractivity (Wildman–Crippen MR) is 174 cm³/mol. The summed E-state index contributed by atoms with van der Waals surface area (Å²) in [6, 6.07) is 11.5. The number of rotatable bonds is 13. The van der Waals surface area contributed by atoms with Crippen LogP contribution >= 0.6 is 22.9 Å². The number of thiophene rings is 1. The zero-order chi connectivity index (χ0) is 35.9. The molecule has 0 saturated heterocycles. The van der Waals surface area contributed by atoms with Gasteiger partial charge in [-0.25, -0.2) is 23.1 Å². The van der Waals surface area contributed by atoms with Crippen LogP contribution in [0.15, 0.2) is 69.4 Å². The van der Waals surface area contributed by atoms with Crippen molar-refractivity contribution in [2.45, 2.75) is 18.3 Å². The van der Waals surface area contributed by atoms with Crippen molar-refractivity contribution < 1.29 is 55.9 Å². The first-order chi connectivity index (χ1) is 23.3. The summed E-state index contributed by atoms with van der Waals surface area (Å²) in [5.41, 5.74) is 0.544. The molecule has 0 fully saturated rings. The molecule has 2 aromatic carbocycles. The number of urea groups is 1. The van der Waals surface area contributed by atoms with Crippen LogP contribution in [-0.2, 0) is 33.9 Å². The molecule has 0 spiro atoms. The van der Waals surface area contributed by atoms with Crippen molar-refractivity contribution in [2.24, 2.45) is 5.14 Å². The summed E-state index contributed by atoms with van der Waals surface area (Å²) in [5, 5.41) is 13.3. The van der Waals surface area contributed by atoms with Crippen LogP contribution in [0.1, 0.15) is 25.7 Å². The molecular weight excluding hydrogens is 710 g/mol. The number of nitrogens with zero attached hydrogens (tertiary/aromatic N) is 3. The van der Waals surface area contributed by atoms with Crippen LogP contribution in [0.4, 0.5) is 22.1 Å². The van der Waals surface area contributed by atoms with Gasteiger partial charge in [0.2, 0.25) is 10.0 Å². The molecule has 2 aromatic heterocycles.